The molecule has 1 aromatic rings. The van der Waals surface area contributed by atoms with Crippen molar-refractivity contribution >= 4 is 11.9 Å². The Hall–Kier alpha value is -1.92. The van der Waals surface area contributed by atoms with Gasteiger partial charge in [0, 0.05) is 6.04 Å². The van der Waals surface area contributed by atoms with Crippen LogP contribution in [0.4, 0.5) is 0 Å². The topological polar surface area (TPSA) is 84.9 Å². The van der Waals surface area contributed by atoms with Crippen LogP contribution in [0, 0.1) is 22.7 Å². The second-order valence-corrected chi connectivity index (χ2v) is 10.2. The Kier molecular flexibility index (Phi) is 8.64. The second kappa shape index (κ2) is 9.92. The zero-order chi connectivity index (χ0) is 23.4. The van der Waals surface area contributed by atoms with Gasteiger partial charge in [0.15, 0.2) is 11.5 Å². The summed E-state index contributed by atoms with van der Waals surface area (Å²) in [5, 5.41) is 13.5. The molecular formula is C24H39NO5. The van der Waals surface area contributed by atoms with E-state index in [-0.39, 0.29) is 40.2 Å². The molecule has 0 fully saturated rings. The average Bonchev–Trinajstić information content (AvgIpc) is 2.65. The van der Waals surface area contributed by atoms with E-state index in [1.54, 1.807) is 32.2 Å². The quantitative estimate of drug-likeness (QED) is 0.498. The average molecular weight is 422 g/mol. The molecule has 0 aliphatic rings. The van der Waals surface area contributed by atoms with Crippen molar-refractivity contribution in [2.45, 2.75) is 74.5 Å². The van der Waals surface area contributed by atoms with Crippen molar-refractivity contribution in [3.63, 3.8) is 0 Å². The van der Waals surface area contributed by atoms with Crippen LogP contribution in [0.5, 0.6) is 11.5 Å². The van der Waals surface area contributed by atoms with Gasteiger partial charge in [0.25, 0.3) is 0 Å². The first-order chi connectivity index (χ1) is 13.6. The smallest absolute Gasteiger partial charge is 0.314 e. The number of hydrogen-bond donors (Lipinski definition) is 2. The molecule has 0 saturated heterocycles. The number of likely N-dealkylation sites (N-methyl/N-ethyl adjacent to an activating group) is 1. The molecule has 0 bridgehead atoms. The first-order valence-electron chi connectivity index (χ1n) is 10.5. The summed E-state index contributed by atoms with van der Waals surface area (Å²) < 4.78 is 11.3. The van der Waals surface area contributed by atoms with Gasteiger partial charge in [-0.3, -0.25) is 9.59 Å². The Labute approximate surface area is 181 Å². The summed E-state index contributed by atoms with van der Waals surface area (Å²) in [6, 6.07) is 4.60. The largest absolute Gasteiger partial charge is 0.422 e. The molecule has 6 heteroatoms. The fraction of sp³-hybridized carbons (Fsp3) is 0.667. The SMILES string of the molecule is CNC(C)C(O)c1ccc(OC(=O)C(C)C(C)(C)C)c(OC(=O)C(C)C(C)(C)C)c1. The minimum absolute atomic E-state index is 0.130. The maximum atomic E-state index is 12.7. The van der Waals surface area contributed by atoms with Gasteiger partial charge in [0.1, 0.15) is 0 Å². The summed E-state index contributed by atoms with van der Waals surface area (Å²) in [5.74, 6) is -1.26. The summed E-state index contributed by atoms with van der Waals surface area (Å²) in [7, 11) is 1.75. The third-order valence-corrected chi connectivity index (χ3v) is 5.96. The van der Waals surface area contributed by atoms with Crippen LogP contribution in [0.25, 0.3) is 0 Å². The number of rotatable bonds is 7. The number of esters is 2. The summed E-state index contributed by atoms with van der Waals surface area (Å²) in [5.41, 5.74) is 0.00571. The van der Waals surface area contributed by atoms with Gasteiger partial charge in [0.05, 0.1) is 17.9 Å². The van der Waals surface area contributed by atoms with Crippen LogP contribution in [0.1, 0.15) is 74.0 Å². The van der Waals surface area contributed by atoms with Gasteiger partial charge in [-0.05, 0) is 42.5 Å². The van der Waals surface area contributed by atoms with Crippen molar-refractivity contribution < 1.29 is 24.2 Å². The standard InChI is InChI=1S/C24H39NO5/c1-14(23(4,5)6)21(27)29-18-12-11-17(20(26)16(3)25-10)13-19(18)30-22(28)15(2)24(7,8)9/h11-16,20,25-26H,1-10H3. The summed E-state index contributed by atoms with van der Waals surface area (Å²) in [4.78, 5) is 25.4. The maximum Gasteiger partial charge on any atom is 0.314 e. The van der Waals surface area contributed by atoms with Crippen LogP contribution in [-0.2, 0) is 9.59 Å². The monoisotopic (exact) mass is 421 g/mol. The van der Waals surface area contributed by atoms with E-state index in [9.17, 15) is 14.7 Å². The summed E-state index contributed by atoms with van der Waals surface area (Å²) in [6.45, 7) is 17.2. The van der Waals surface area contributed by atoms with Crippen LogP contribution in [-0.4, -0.2) is 30.1 Å². The Bertz CT molecular complexity index is 745. The number of carbonyl (C=O) groups is 2. The molecule has 1 rings (SSSR count). The lowest BCUT2D eigenvalue weighted by Crippen LogP contribution is -2.31. The molecule has 2 N–H and O–H groups in total. The van der Waals surface area contributed by atoms with Gasteiger partial charge < -0.3 is 19.9 Å². The lowest BCUT2D eigenvalue weighted by Gasteiger charge is -2.27. The number of aliphatic hydroxyl groups excluding tert-OH is 1. The fourth-order valence-corrected chi connectivity index (χ4v) is 2.42. The Morgan fingerprint density at radius 2 is 1.30 bits per heavy atom. The van der Waals surface area contributed by atoms with E-state index in [2.05, 4.69) is 5.32 Å². The van der Waals surface area contributed by atoms with Crippen molar-refractivity contribution in [3.05, 3.63) is 23.8 Å². The second-order valence-electron chi connectivity index (χ2n) is 10.2. The maximum absolute atomic E-state index is 12.7. The molecule has 0 aliphatic heterocycles. The van der Waals surface area contributed by atoms with E-state index in [0.717, 1.165) is 0 Å². The highest BCUT2D eigenvalue weighted by molar-refractivity contribution is 5.79. The molecule has 4 atom stereocenters. The van der Waals surface area contributed by atoms with Gasteiger partial charge in [0.2, 0.25) is 0 Å². The van der Waals surface area contributed by atoms with Crippen LogP contribution < -0.4 is 14.8 Å². The third kappa shape index (κ3) is 6.81. The molecule has 0 spiro atoms. The Morgan fingerprint density at radius 1 is 0.867 bits per heavy atom. The molecule has 30 heavy (non-hydrogen) atoms. The van der Waals surface area contributed by atoms with Crippen LogP contribution in [0.3, 0.4) is 0 Å². The molecule has 0 amide bonds. The molecule has 4 unspecified atom stereocenters. The first-order valence-corrected chi connectivity index (χ1v) is 10.5. The molecule has 0 radical (unpaired) electrons. The van der Waals surface area contributed by atoms with Crippen molar-refractivity contribution in [1.82, 2.24) is 5.32 Å². The number of ether oxygens (including phenoxy) is 2. The molecule has 170 valence electrons. The zero-order valence-corrected chi connectivity index (χ0v) is 20.1. The van der Waals surface area contributed by atoms with Crippen LogP contribution >= 0.6 is 0 Å². The van der Waals surface area contributed by atoms with E-state index < -0.39 is 18.0 Å². The van der Waals surface area contributed by atoms with Gasteiger partial charge in [-0.1, -0.05) is 61.5 Å². The minimum Gasteiger partial charge on any atom is -0.422 e. The Morgan fingerprint density at radius 3 is 1.70 bits per heavy atom. The van der Waals surface area contributed by atoms with E-state index in [1.165, 1.54) is 0 Å². The van der Waals surface area contributed by atoms with E-state index in [4.69, 9.17) is 9.47 Å². The molecular weight excluding hydrogens is 382 g/mol. The highest BCUT2D eigenvalue weighted by Crippen LogP contribution is 2.36. The van der Waals surface area contributed by atoms with Crippen molar-refractivity contribution in [3.8, 4) is 11.5 Å². The number of aliphatic hydroxyl groups is 1. The molecule has 0 heterocycles. The summed E-state index contributed by atoms with van der Waals surface area (Å²) >= 11 is 0. The number of benzene rings is 1. The van der Waals surface area contributed by atoms with Crippen molar-refractivity contribution in [1.29, 1.82) is 0 Å². The van der Waals surface area contributed by atoms with Gasteiger partial charge >= 0.3 is 11.9 Å². The van der Waals surface area contributed by atoms with Gasteiger partial charge in [-0.15, -0.1) is 0 Å². The highest BCUT2D eigenvalue weighted by Gasteiger charge is 2.32. The zero-order valence-electron chi connectivity index (χ0n) is 20.1. The lowest BCUT2D eigenvalue weighted by atomic mass is 9.82. The van der Waals surface area contributed by atoms with E-state index in [0.29, 0.717) is 5.56 Å². The highest BCUT2D eigenvalue weighted by atomic mass is 16.6. The lowest BCUT2D eigenvalue weighted by molar-refractivity contribution is -0.144. The molecule has 1 aromatic carbocycles. The molecule has 0 aromatic heterocycles. The minimum atomic E-state index is -0.814. The van der Waals surface area contributed by atoms with Gasteiger partial charge in [-0.2, -0.15) is 0 Å². The predicted octanol–water partition coefficient (Wildman–Crippen LogP) is 4.50. The summed E-state index contributed by atoms with van der Waals surface area (Å²) in [6.07, 6.45) is -0.814. The predicted molar refractivity (Wildman–Crippen MR) is 118 cm³/mol. The fourth-order valence-electron chi connectivity index (χ4n) is 2.42. The van der Waals surface area contributed by atoms with Gasteiger partial charge in [-0.25, -0.2) is 0 Å². The first kappa shape index (κ1) is 26.1. The van der Waals surface area contributed by atoms with Crippen molar-refractivity contribution in [2.75, 3.05) is 7.05 Å². The number of nitrogens with one attached hydrogen (secondary N) is 1. The molecule has 0 saturated carbocycles. The number of carbonyl (C=O) groups excluding carboxylic acids is 2. The van der Waals surface area contributed by atoms with Crippen LogP contribution in [0.15, 0.2) is 18.2 Å². The van der Waals surface area contributed by atoms with E-state index in [1.807, 2.05) is 55.4 Å². The Balaban J connectivity index is 3.30. The van der Waals surface area contributed by atoms with E-state index >= 15 is 0 Å². The molecule has 6 nitrogen and oxygen atoms in total. The van der Waals surface area contributed by atoms with Crippen LogP contribution in [0.2, 0.25) is 0 Å². The normalized spacial score (nSPS) is 16.4. The van der Waals surface area contributed by atoms with Crippen molar-refractivity contribution in [2.24, 2.45) is 22.7 Å². The third-order valence-electron chi connectivity index (χ3n) is 5.96. The molecule has 0 aliphatic carbocycles. The number of hydrogen-bond acceptors (Lipinski definition) is 6.